The molecule has 0 amide bonds. The Morgan fingerprint density at radius 3 is 2.80 bits per heavy atom. The molecule has 0 atom stereocenters. The third-order valence-corrected chi connectivity index (χ3v) is 3.34. The van der Waals surface area contributed by atoms with E-state index >= 15 is 0 Å². The van der Waals surface area contributed by atoms with Crippen LogP contribution < -0.4 is 10.6 Å². The van der Waals surface area contributed by atoms with Gasteiger partial charge in [0.1, 0.15) is 0 Å². The molecule has 0 saturated carbocycles. The Labute approximate surface area is 125 Å². The second-order valence-corrected chi connectivity index (χ2v) is 5.24. The van der Waals surface area contributed by atoms with Gasteiger partial charge in [0, 0.05) is 30.5 Å². The summed E-state index contributed by atoms with van der Waals surface area (Å²) in [6, 6.07) is 6.26. The number of rotatable bonds is 4. The van der Waals surface area contributed by atoms with E-state index in [1.165, 1.54) is 11.1 Å². The van der Waals surface area contributed by atoms with Crippen molar-refractivity contribution in [3.63, 3.8) is 0 Å². The van der Waals surface area contributed by atoms with Gasteiger partial charge < -0.3 is 10.6 Å². The SMILES string of the molecule is CCn1cc(CNC(=S)Nc2ccc(C)cc2C)cn1. The Hall–Kier alpha value is -1.88. The summed E-state index contributed by atoms with van der Waals surface area (Å²) >= 11 is 5.31. The molecule has 4 nitrogen and oxygen atoms in total. The minimum absolute atomic E-state index is 0.626. The van der Waals surface area contributed by atoms with Crippen molar-refractivity contribution in [3.8, 4) is 0 Å². The second-order valence-electron chi connectivity index (χ2n) is 4.83. The number of thiocarbonyl (C=S) groups is 1. The van der Waals surface area contributed by atoms with Gasteiger partial charge in [0.25, 0.3) is 0 Å². The first-order valence-corrected chi connectivity index (χ1v) is 7.12. The predicted octanol–water partition coefficient (Wildman–Crippen LogP) is 3.01. The number of anilines is 1. The average molecular weight is 288 g/mol. The van der Waals surface area contributed by atoms with Gasteiger partial charge in [-0.25, -0.2) is 0 Å². The third-order valence-electron chi connectivity index (χ3n) is 3.09. The van der Waals surface area contributed by atoms with Gasteiger partial charge in [-0.1, -0.05) is 17.7 Å². The van der Waals surface area contributed by atoms with Crippen LogP contribution in [0.4, 0.5) is 5.69 Å². The second kappa shape index (κ2) is 6.52. The van der Waals surface area contributed by atoms with E-state index in [0.29, 0.717) is 11.7 Å². The highest BCUT2D eigenvalue weighted by atomic mass is 32.1. The van der Waals surface area contributed by atoms with Crippen LogP contribution in [0.2, 0.25) is 0 Å². The fraction of sp³-hybridized carbons (Fsp3) is 0.333. The van der Waals surface area contributed by atoms with E-state index in [9.17, 15) is 0 Å². The van der Waals surface area contributed by atoms with Crippen LogP contribution in [0.15, 0.2) is 30.6 Å². The van der Waals surface area contributed by atoms with Crippen LogP contribution in [-0.2, 0) is 13.1 Å². The number of aromatic nitrogens is 2. The van der Waals surface area contributed by atoms with Gasteiger partial charge in [0.05, 0.1) is 6.20 Å². The summed E-state index contributed by atoms with van der Waals surface area (Å²) in [6.45, 7) is 7.78. The van der Waals surface area contributed by atoms with Gasteiger partial charge in [0.2, 0.25) is 0 Å². The highest BCUT2D eigenvalue weighted by Gasteiger charge is 2.02. The molecule has 0 radical (unpaired) electrons. The highest BCUT2D eigenvalue weighted by Crippen LogP contribution is 2.15. The molecule has 1 aromatic heterocycles. The van der Waals surface area contributed by atoms with E-state index in [1.54, 1.807) is 0 Å². The van der Waals surface area contributed by atoms with Crippen molar-refractivity contribution < 1.29 is 0 Å². The summed E-state index contributed by atoms with van der Waals surface area (Å²) in [5.74, 6) is 0. The smallest absolute Gasteiger partial charge is 0.171 e. The fourth-order valence-electron chi connectivity index (χ4n) is 1.97. The quantitative estimate of drug-likeness (QED) is 0.849. The predicted molar refractivity (Wildman–Crippen MR) is 86.9 cm³/mol. The molecule has 0 saturated heterocycles. The van der Waals surface area contributed by atoms with E-state index in [4.69, 9.17) is 12.2 Å². The van der Waals surface area contributed by atoms with Gasteiger partial charge in [-0.05, 0) is 44.6 Å². The Balaban J connectivity index is 1.89. The minimum Gasteiger partial charge on any atom is -0.358 e. The van der Waals surface area contributed by atoms with E-state index in [0.717, 1.165) is 17.8 Å². The van der Waals surface area contributed by atoms with E-state index < -0.39 is 0 Å². The molecular weight excluding hydrogens is 268 g/mol. The zero-order valence-corrected chi connectivity index (χ0v) is 12.9. The maximum Gasteiger partial charge on any atom is 0.171 e. The molecule has 0 spiro atoms. The van der Waals surface area contributed by atoms with Crippen LogP contribution in [0.25, 0.3) is 0 Å². The first kappa shape index (κ1) is 14.5. The van der Waals surface area contributed by atoms with Gasteiger partial charge in [-0.15, -0.1) is 0 Å². The number of nitrogens with one attached hydrogen (secondary N) is 2. The van der Waals surface area contributed by atoms with Gasteiger partial charge in [-0.3, -0.25) is 4.68 Å². The molecule has 0 fully saturated rings. The number of benzene rings is 1. The zero-order chi connectivity index (χ0) is 14.5. The van der Waals surface area contributed by atoms with Crippen LogP contribution in [0, 0.1) is 13.8 Å². The van der Waals surface area contributed by atoms with Crippen molar-refractivity contribution in [3.05, 3.63) is 47.3 Å². The largest absolute Gasteiger partial charge is 0.358 e. The molecule has 1 heterocycles. The van der Waals surface area contributed by atoms with Crippen molar-refractivity contribution in [2.45, 2.75) is 33.9 Å². The van der Waals surface area contributed by atoms with Gasteiger partial charge >= 0.3 is 0 Å². The summed E-state index contributed by atoms with van der Waals surface area (Å²) < 4.78 is 1.90. The highest BCUT2D eigenvalue weighted by molar-refractivity contribution is 7.80. The lowest BCUT2D eigenvalue weighted by molar-refractivity contribution is 0.659. The number of nitrogens with zero attached hydrogens (tertiary/aromatic N) is 2. The molecule has 5 heteroatoms. The van der Waals surface area contributed by atoms with Crippen molar-refractivity contribution >= 4 is 23.0 Å². The van der Waals surface area contributed by atoms with Crippen molar-refractivity contribution in [2.24, 2.45) is 0 Å². The van der Waals surface area contributed by atoms with Crippen LogP contribution in [-0.4, -0.2) is 14.9 Å². The molecule has 0 unspecified atom stereocenters. The molecule has 0 aliphatic heterocycles. The normalized spacial score (nSPS) is 10.3. The maximum atomic E-state index is 5.31. The van der Waals surface area contributed by atoms with Crippen LogP contribution in [0.1, 0.15) is 23.6 Å². The zero-order valence-electron chi connectivity index (χ0n) is 12.1. The topological polar surface area (TPSA) is 41.9 Å². The Bertz CT molecular complexity index is 604. The molecule has 0 aliphatic carbocycles. The lowest BCUT2D eigenvalue weighted by Gasteiger charge is -2.12. The van der Waals surface area contributed by atoms with E-state index in [1.807, 2.05) is 23.1 Å². The van der Waals surface area contributed by atoms with Crippen LogP contribution >= 0.6 is 12.2 Å². The standard InChI is InChI=1S/C15H20N4S/c1-4-19-10-13(9-17-19)8-16-15(20)18-14-6-5-11(2)7-12(14)3/h5-7,9-10H,4,8H2,1-3H3,(H2,16,18,20). The monoisotopic (exact) mass is 288 g/mol. The van der Waals surface area contributed by atoms with Crippen molar-refractivity contribution in [2.75, 3.05) is 5.32 Å². The lowest BCUT2D eigenvalue weighted by atomic mass is 10.1. The van der Waals surface area contributed by atoms with Crippen molar-refractivity contribution in [1.29, 1.82) is 0 Å². The Morgan fingerprint density at radius 2 is 2.15 bits per heavy atom. The Kier molecular flexibility index (Phi) is 4.74. The van der Waals surface area contributed by atoms with E-state index in [2.05, 4.69) is 48.6 Å². The van der Waals surface area contributed by atoms with Gasteiger partial charge in [-0.2, -0.15) is 5.10 Å². The summed E-state index contributed by atoms with van der Waals surface area (Å²) in [5.41, 5.74) is 4.60. The van der Waals surface area contributed by atoms with E-state index in [-0.39, 0.29) is 0 Å². The molecule has 2 N–H and O–H groups in total. The summed E-state index contributed by atoms with van der Waals surface area (Å²) in [6.07, 6.45) is 3.88. The minimum atomic E-state index is 0.626. The van der Waals surface area contributed by atoms with Crippen LogP contribution in [0.5, 0.6) is 0 Å². The maximum absolute atomic E-state index is 5.31. The lowest BCUT2D eigenvalue weighted by Crippen LogP contribution is -2.28. The first-order valence-electron chi connectivity index (χ1n) is 6.72. The molecule has 1 aromatic carbocycles. The average Bonchev–Trinajstić information content (AvgIpc) is 2.88. The number of hydrogen-bond donors (Lipinski definition) is 2. The number of hydrogen-bond acceptors (Lipinski definition) is 2. The molecule has 106 valence electrons. The molecule has 0 aliphatic rings. The molecule has 0 bridgehead atoms. The first-order chi connectivity index (χ1) is 9.58. The number of aryl methyl sites for hydroxylation is 3. The molecule has 2 aromatic rings. The van der Waals surface area contributed by atoms with Crippen LogP contribution in [0.3, 0.4) is 0 Å². The third kappa shape index (κ3) is 3.81. The van der Waals surface area contributed by atoms with Crippen molar-refractivity contribution in [1.82, 2.24) is 15.1 Å². The molecule has 2 rings (SSSR count). The fourth-order valence-corrected chi connectivity index (χ4v) is 2.16. The summed E-state index contributed by atoms with van der Waals surface area (Å²) in [7, 11) is 0. The summed E-state index contributed by atoms with van der Waals surface area (Å²) in [5, 5.41) is 11.3. The summed E-state index contributed by atoms with van der Waals surface area (Å²) in [4.78, 5) is 0. The van der Waals surface area contributed by atoms with Gasteiger partial charge in [0.15, 0.2) is 5.11 Å². The molecular formula is C15H20N4S. The Morgan fingerprint density at radius 1 is 1.35 bits per heavy atom. The molecule has 20 heavy (non-hydrogen) atoms.